The minimum absolute atomic E-state index is 0.861. The Hall–Kier alpha value is -0.260. The third-order valence-electron chi connectivity index (χ3n) is 24.9. The molecule has 20 atom stereocenters. The molecule has 0 nitrogen and oxygen atoms in total. The molecule has 0 amide bonds. The van der Waals surface area contributed by atoms with Crippen molar-refractivity contribution in [3.8, 4) is 0 Å². The van der Waals surface area contributed by atoms with Gasteiger partial charge in [0.1, 0.15) is 0 Å². The fourth-order valence-electron chi connectivity index (χ4n) is 16.9. The van der Waals surface area contributed by atoms with Crippen LogP contribution in [0.3, 0.4) is 0 Å². The van der Waals surface area contributed by atoms with Gasteiger partial charge in [0.15, 0.2) is 0 Å². The Balaban J connectivity index is 0.000000165. The van der Waals surface area contributed by atoms with Gasteiger partial charge in [-0.1, -0.05) is 178 Å². The topological polar surface area (TPSA) is 0 Å². The zero-order chi connectivity index (χ0) is 47.0. The molecule has 9 fully saturated rings. The molecule has 6 bridgehead atoms. The fourth-order valence-corrected chi connectivity index (χ4v) is 16.9. The molecule has 0 heterocycles. The van der Waals surface area contributed by atoms with Crippen LogP contribution in [0.5, 0.6) is 0 Å². The lowest BCUT2D eigenvalue weighted by Crippen LogP contribution is -2.47. The van der Waals surface area contributed by atoms with Crippen LogP contribution in [0.1, 0.15) is 205 Å². The van der Waals surface area contributed by atoms with Crippen molar-refractivity contribution in [1.29, 1.82) is 0 Å². The molecule has 0 N–H and O–H groups in total. The quantitative estimate of drug-likeness (QED) is 0.213. The van der Waals surface area contributed by atoms with Crippen LogP contribution < -0.4 is 0 Å². The summed E-state index contributed by atoms with van der Waals surface area (Å²) in [5.74, 6) is 29.2. The van der Waals surface area contributed by atoms with Crippen molar-refractivity contribution < 1.29 is 0 Å². The van der Waals surface area contributed by atoms with Crippen LogP contribution in [0.15, 0.2) is 12.2 Å². The van der Waals surface area contributed by atoms with Gasteiger partial charge in [0.05, 0.1) is 0 Å². The molecule has 0 aromatic heterocycles. The molecule has 0 spiro atoms. The molecule has 62 heavy (non-hydrogen) atoms. The Morgan fingerprint density at radius 1 is 0.194 bits per heavy atom. The molecule has 364 valence electrons. The van der Waals surface area contributed by atoms with Gasteiger partial charge in [0.25, 0.3) is 0 Å². The van der Waals surface area contributed by atoms with Crippen molar-refractivity contribution in [2.24, 2.45) is 178 Å². The van der Waals surface area contributed by atoms with Crippen molar-refractivity contribution in [2.45, 2.75) is 205 Å². The third-order valence-corrected chi connectivity index (χ3v) is 24.9. The minimum atomic E-state index is 0.861. The summed E-state index contributed by atoms with van der Waals surface area (Å²) < 4.78 is 0. The van der Waals surface area contributed by atoms with Crippen molar-refractivity contribution in [3.05, 3.63) is 12.2 Å². The van der Waals surface area contributed by atoms with Crippen LogP contribution >= 0.6 is 0 Å². The normalized spacial score (nSPS) is 56.3. The smallest absolute Gasteiger partial charge is 0.0176 e. The second-order valence-corrected chi connectivity index (χ2v) is 27.0. The Morgan fingerprint density at radius 3 is 0.597 bits per heavy atom. The van der Waals surface area contributed by atoms with Crippen LogP contribution in [-0.4, -0.2) is 0 Å². The first-order chi connectivity index (χ1) is 28.8. The van der Waals surface area contributed by atoms with Crippen LogP contribution in [0.2, 0.25) is 0 Å². The van der Waals surface area contributed by atoms with Gasteiger partial charge in [-0.25, -0.2) is 0 Å². The molecule has 11 rings (SSSR count). The lowest BCUT2D eigenvalue weighted by Gasteiger charge is -2.53. The molecule has 0 aromatic carbocycles. The molecule has 20 unspecified atom stereocenters. The molecule has 0 aromatic rings. The van der Waals surface area contributed by atoms with Crippen molar-refractivity contribution in [3.63, 3.8) is 0 Å². The van der Waals surface area contributed by atoms with E-state index in [0.29, 0.717) is 0 Å². The maximum absolute atomic E-state index is 2.48. The van der Waals surface area contributed by atoms with Gasteiger partial charge in [-0.05, 0) is 216 Å². The van der Waals surface area contributed by atoms with E-state index in [4.69, 9.17) is 0 Å². The SMILES string of the molecule is CC1C(C)C(C)C1C.CC1C(C)C2C=CC1C(C)C2C.CC1C(C)C2CC1C(C)C2C.CC1C(C)C2CCC1C(C)C2C.CC1CC(C)C(C)C1C.CC1CC(C)C(C)CC1C. The fraction of sp³-hybridized carbons (Fsp3) is 0.968. The number of allylic oxidation sites excluding steroid dienone is 2. The molecule has 9 saturated carbocycles. The second-order valence-electron chi connectivity index (χ2n) is 27.0. The number of hydrogen-bond acceptors (Lipinski definition) is 0. The summed E-state index contributed by atoms with van der Waals surface area (Å²) in [4.78, 5) is 0. The summed E-state index contributed by atoms with van der Waals surface area (Å²) in [5.41, 5.74) is 0. The first kappa shape index (κ1) is 54.3. The average molecular weight is 862 g/mol. The van der Waals surface area contributed by atoms with Gasteiger partial charge >= 0.3 is 0 Å². The van der Waals surface area contributed by atoms with Gasteiger partial charge in [-0.15, -0.1) is 0 Å². The van der Waals surface area contributed by atoms with Gasteiger partial charge in [0, 0.05) is 0 Å². The Kier molecular flexibility index (Phi) is 19.9. The largest absolute Gasteiger partial charge is 0.0846 e. The minimum Gasteiger partial charge on any atom is -0.0846 e. The summed E-state index contributed by atoms with van der Waals surface area (Å²) in [6.07, 6.45) is 13.8. The summed E-state index contributed by atoms with van der Waals surface area (Å²) >= 11 is 0. The van der Waals surface area contributed by atoms with Crippen LogP contribution in [0.4, 0.5) is 0 Å². The maximum Gasteiger partial charge on any atom is -0.0176 e. The third kappa shape index (κ3) is 11.5. The Bertz CT molecular complexity index is 1160. The maximum atomic E-state index is 2.48. The van der Waals surface area contributed by atoms with E-state index in [1.165, 1.54) is 38.5 Å². The molecule has 0 heteroatoms. The van der Waals surface area contributed by atoms with Gasteiger partial charge < -0.3 is 0 Å². The highest BCUT2D eigenvalue weighted by molar-refractivity contribution is 5.12. The molecular weight excluding hydrogens is 745 g/mol. The van der Waals surface area contributed by atoms with Crippen molar-refractivity contribution in [2.75, 3.05) is 0 Å². The van der Waals surface area contributed by atoms with Gasteiger partial charge in [0.2, 0.25) is 0 Å². The van der Waals surface area contributed by atoms with Crippen molar-refractivity contribution >= 4 is 0 Å². The number of fused-ring (bicyclic) bond motifs is 7. The van der Waals surface area contributed by atoms with Gasteiger partial charge in [-0.3, -0.25) is 0 Å². The molecule has 0 radical (unpaired) electrons. The average Bonchev–Trinajstić information content (AvgIpc) is 3.79. The number of hydrogen-bond donors (Lipinski definition) is 0. The number of rotatable bonds is 0. The van der Waals surface area contributed by atoms with E-state index < -0.39 is 0 Å². The summed E-state index contributed by atoms with van der Waals surface area (Å²) in [6, 6.07) is 0. The summed E-state index contributed by atoms with van der Waals surface area (Å²) in [7, 11) is 0. The highest BCUT2D eigenvalue weighted by Crippen LogP contribution is 2.58. The summed E-state index contributed by atoms with van der Waals surface area (Å²) in [5, 5.41) is 0. The van der Waals surface area contributed by atoms with E-state index in [0.717, 1.165) is 178 Å². The van der Waals surface area contributed by atoms with Gasteiger partial charge in [-0.2, -0.15) is 0 Å². The van der Waals surface area contributed by atoms with E-state index in [2.05, 4.69) is 178 Å². The Morgan fingerprint density at radius 2 is 0.403 bits per heavy atom. The molecule has 11 aliphatic rings. The predicted octanol–water partition coefficient (Wildman–Crippen LogP) is 18.9. The highest BCUT2D eigenvalue weighted by Gasteiger charge is 2.51. The standard InChI is InChI=1S/C12H22.C12H20.C11H20.C10H20.C9H18.C8H16/c2*1-7-8(2)12-6-5-11(7)9(3)10(12)4;1-6-7(2)11-5-10(6)8(3)9(11)4;1-7-5-9(3)10(4)6-8(7)2;1-6-5-7(2)9(4)8(6)3;1-5-6(2)8(4)7(5)3/h7-12H,5-6H2,1-4H3;5-12H,1-4H3;6-11H,5H2,1-4H3;7-10H,5-6H2,1-4H3;6-9H,5H2,1-4H3;5-8H,1-4H3. The van der Waals surface area contributed by atoms with Crippen LogP contribution in [0, 0.1) is 178 Å². The van der Waals surface area contributed by atoms with Crippen LogP contribution in [0.25, 0.3) is 0 Å². The zero-order valence-corrected chi connectivity index (χ0v) is 46.7. The molecule has 0 saturated heterocycles. The zero-order valence-electron chi connectivity index (χ0n) is 46.7. The van der Waals surface area contributed by atoms with E-state index in [-0.39, 0.29) is 0 Å². The van der Waals surface area contributed by atoms with E-state index in [1.807, 2.05) is 0 Å². The lowest BCUT2D eigenvalue weighted by atomic mass is 9.52. The Labute approximate surface area is 392 Å². The lowest BCUT2D eigenvalue weighted by molar-refractivity contribution is -0.0466. The van der Waals surface area contributed by atoms with E-state index in [1.54, 1.807) is 0 Å². The van der Waals surface area contributed by atoms with E-state index >= 15 is 0 Å². The molecular formula is C62H116. The monoisotopic (exact) mass is 861 g/mol. The van der Waals surface area contributed by atoms with E-state index in [9.17, 15) is 0 Å². The second kappa shape index (κ2) is 22.7. The predicted molar refractivity (Wildman–Crippen MR) is 278 cm³/mol. The highest BCUT2D eigenvalue weighted by atomic mass is 14.6. The molecule has 11 aliphatic carbocycles. The van der Waals surface area contributed by atoms with Crippen LogP contribution in [-0.2, 0) is 0 Å². The first-order valence-corrected chi connectivity index (χ1v) is 28.4. The van der Waals surface area contributed by atoms with Crippen molar-refractivity contribution in [1.82, 2.24) is 0 Å². The summed E-state index contributed by atoms with van der Waals surface area (Å²) in [6.45, 7) is 58.0. The first-order valence-electron chi connectivity index (χ1n) is 28.4. The molecule has 0 aliphatic heterocycles.